The summed E-state index contributed by atoms with van der Waals surface area (Å²) in [5.74, 6) is 1.68. The van der Waals surface area contributed by atoms with Crippen LogP contribution in [0.1, 0.15) is 29.6 Å². The first kappa shape index (κ1) is 12.3. The van der Waals surface area contributed by atoms with E-state index in [4.69, 9.17) is 4.74 Å². The predicted octanol–water partition coefficient (Wildman–Crippen LogP) is 2.88. The van der Waals surface area contributed by atoms with E-state index in [1.807, 2.05) is 30.3 Å². The lowest BCUT2D eigenvalue weighted by molar-refractivity contribution is 0.103. The number of allylic oxidation sites excluding steroid dienone is 2. The molecule has 3 heterocycles. The van der Waals surface area contributed by atoms with Crippen molar-refractivity contribution < 1.29 is 9.53 Å². The van der Waals surface area contributed by atoms with E-state index in [9.17, 15) is 4.79 Å². The molecular weight excluding hydrogens is 238 g/mol. The van der Waals surface area contributed by atoms with Crippen LogP contribution in [0.2, 0.25) is 0 Å². The molecule has 3 heteroatoms. The first-order chi connectivity index (χ1) is 9.26. The van der Waals surface area contributed by atoms with Gasteiger partial charge in [-0.1, -0.05) is 0 Å². The van der Waals surface area contributed by atoms with E-state index >= 15 is 0 Å². The molecule has 0 radical (unpaired) electrons. The van der Waals surface area contributed by atoms with Crippen LogP contribution in [0.4, 0.5) is 0 Å². The number of benzene rings is 1. The average molecular weight is 257 g/mol. The number of carbonyl (C=O) groups is 1. The Morgan fingerprint density at radius 3 is 2.47 bits per heavy atom. The van der Waals surface area contributed by atoms with Crippen LogP contribution in [0, 0.1) is 5.92 Å². The van der Waals surface area contributed by atoms with E-state index in [0.29, 0.717) is 0 Å². The van der Waals surface area contributed by atoms with Crippen LogP contribution in [0.5, 0.6) is 5.75 Å². The molecule has 1 aromatic carbocycles. The Labute approximate surface area is 113 Å². The second-order valence-corrected chi connectivity index (χ2v) is 5.36. The van der Waals surface area contributed by atoms with E-state index < -0.39 is 0 Å². The minimum absolute atomic E-state index is 0.102. The number of piperidine rings is 3. The number of carbonyl (C=O) groups excluding carboxylic acids is 1. The maximum absolute atomic E-state index is 12.2. The normalized spacial score (nSPS) is 20.9. The van der Waals surface area contributed by atoms with E-state index in [1.165, 1.54) is 18.5 Å². The van der Waals surface area contributed by atoms with Crippen molar-refractivity contribution in [1.82, 2.24) is 4.90 Å². The molecule has 3 aliphatic heterocycles. The number of ketones is 1. The van der Waals surface area contributed by atoms with Gasteiger partial charge in [0, 0.05) is 30.4 Å². The van der Waals surface area contributed by atoms with Crippen LogP contribution < -0.4 is 4.74 Å². The van der Waals surface area contributed by atoms with Crippen molar-refractivity contribution in [3.05, 3.63) is 41.6 Å². The topological polar surface area (TPSA) is 29.5 Å². The molecule has 0 saturated carbocycles. The highest BCUT2D eigenvalue weighted by atomic mass is 16.5. The zero-order valence-electron chi connectivity index (χ0n) is 11.3. The number of hydrogen-bond acceptors (Lipinski definition) is 3. The minimum atomic E-state index is 0.102. The zero-order valence-corrected chi connectivity index (χ0v) is 11.3. The summed E-state index contributed by atoms with van der Waals surface area (Å²) in [7, 11) is 1.63. The van der Waals surface area contributed by atoms with E-state index in [0.717, 1.165) is 36.7 Å². The lowest BCUT2D eigenvalue weighted by Crippen LogP contribution is -2.39. The third kappa shape index (κ3) is 2.50. The van der Waals surface area contributed by atoms with Crippen LogP contribution in [0.15, 0.2) is 36.0 Å². The van der Waals surface area contributed by atoms with Crippen LogP contribution in [-0.4, -0.2) is 30.9 Å². The lowest BCUT2D eigenvalue weighted by Gasteiger charge is -2.42. The number of rotatable bonds is 3. The van der Waals surface area contributed by atoms with Crippen molar-refractivity contribution in [2.24, 2.45) is 5.92 Å². The van der Waals surface area contributed by atoms with Gasteiger partial charge in [0.2, 0.25) is 0 Å². The van der Waals surface area contributed by atoms with Crippen molar-refractivity contribution >= 4 is 5.78 Å². The number of hydrogen-bond donors (Lipinski definition) is 0. The summed E-state index contributed by atoms with van der Waals surface area (Å²) in [4.78, 5) is 14.6. The van der Waals surface area contributed by atoms with Gasteiger partial charge < -0.3 is 9.64 Å². The fourth-order valence-electron chi connectivity index (χ4n) is 2.99. The summed E-state index contributed by atoms with van der Waals surface area (Å²) in [6.07, 6.45) is 5.47. The first-order valence-electron chi connectivity index (χ1n) is 6.90. The second kappa shape index (κ2) is 5.08. The smallest absolute Gasteiger partial charge is 0.187 e. The van der Waals surface area contributed by atoms with Crippen molar-refractivity contribution in [2.45, 2.75) is 19.3 Å². The minimum Gasteiger partial charge on any atom is -0.497 e. The fraction of sp³-hybridized carbons (Fsp3) is 0.438. The molecule has 0 atom stereocenters. The molecule has 0 aliphatic carbocycles. The second-order valence-electron chi connectivity index (χ2n) is 5.36. The van der Waals surface area contributed by atoms with E-state index in [2.05, 4.69) is 4.90 Å². The monoisotopic (exact) mass is 257 g/mol. The molecule has 3 aliphatic rings. The van der Waals surface area contributed by atoms with E-state index in [-0.39, 0.29) is 5.78 Å². The van der Waals surface area contributed by atoms with Crippen LogP contribution >= 0.6 is 0 Å². The Balaban J connectivity index is 1.76. The van der Waals surface area contributed by atoms with E-state index in [1.54, 1.807) is 7.11 Å². The number of fused-ring (bicyclic) bond motifs is 3. The molecule has 0 amide bonds. The molecule has 19 heavy (non-hydrogen) atoms. The summed E-state index contributed by atoms with van der Waals surface area (Å²) in [6.45, 7) is 2.23. The van der Waals surface area contributed by atoms with Crippen molar-refractivity contribution in [3.63, 3.8) is 0 Å². The highest BCUT2D eigenvalue weighted by Crippen LogP contribution is 2.34. The Morgan fingerprint density at radius 2 is 1.95 bits per heavy atom. The van der Waals surface area contributed by atoms with Gasteiger partial charge in [0.25, 0.3) is 0 Å². The zero-order chi connectivity index (χ0) is 13.2. The van der Waals surface area contributed by atoms with Gasteiger partial charge in [-0.2, -0.15) is 0 Å². The first-order valence-corrected chi connectivity index (χ1v) is 6.90. The predicted molar refractivity (Wildman–Crippen MR) is 74.3 cm³/mol. The quantitative estimate of drug-likeness (QED) is 0.616. The lowest BCUT2D eigenvalue weighted by atomic mass is 9.85. The Kier molecular flexibility index (Phi) is 3.28. The Hall–Kier alpha value is -1.77. The van der Waals surface area contributed by atoms with Crippen LogP contribution in [-0.2, 0) is 0 Å². The maximum Gasteiger partial charge on any atom is 0.187 e. The van der Waals surface area contributed by atoms with Crippen molar-refractivity contribution in [3.8, 4) is 5.75 Å². The molecule has 4 rings (SSSR count). The molecule has 0 N–H and O–H groups in total. The van der Waals surface area contributed by atoms with Gasteiger partial charge in [0.15, 0.2) is 5.78 Å². The number of nitrogens with zero attached hydrogens (tertiary/aromatic N) is 1. The number of methoxy groups -OCH3 is 1. The third-order valence-electron chi connectivity index (χ3n) is 4.19. The molecule has 3 nitrogen and oxygen atoms in total. The Bertz CT molecular complexity index is 496. The standard InChI is InChI=1S/C16H19NO2/c1-19-15-4-2-13(3-5-15)16(18)11-14-10-12-6-8-17(14)9-7-12/h2-5,11-12H,6-10H2,1H3/b14-11+. The van der Waals surface area contributed by atoms with Gasteiger partial charge in [-0.3, -0.25) is 4.79 Å². The summed E-state index contributed by atoms with van der Waals surface area (Å²) in [5.41, 5.74) is 1.96. The maximum atomic E-state index is 12.2. The summed E-state index contributed by atoms with van der Waals surface area (Å²) < 4.78 is 5.10. The van der Waals surface area contributed by atoms with Gasteiger partial charge in [-0.25, -0.2) is 0 Å². The average Bonchev–Trinajstić information content (AvgIpc) is 2.48. The molecule has 0 aromatic heterocycles. The summed E-state index contributed by atoms with van der Waals surface area (Å²) >= 11 is 0. The summed E-state index contributed by atoms with van der Waals surface area (Å²) in [5, 5.41) is 0. The van der Waals surface area contributed by atoms with Gasteiger partial charge in [-0.15, -0.1) is 0 Å². The molecule has 3 saturated heterocycles. The largest absolute Gasteiger partial charge is 0.497 e. The highest BCUT2D eigenvalue weighted by Gasteiger charge is 2.28. The van der Waals surface area contributed by atoms with Gasteiger partial charge in [0.05, 0.1) is 7.11 Å². The molecule has 0 unspecified atom stereocenters. The van der Waals surface area contributed by atoms with Gasteiger partial charge >= 0.3 is 0 Å². The van der Waals surface area contributed by atoms with Crippen LogP contribution in [0.3, 0.4) is 0 Å². The summed E-state index contributed by atoms with van der Waals surface area (Å²) in [6, 6.07) is 7.32. The van der Waals surface area contributed by atoms with Gasteiger partial charge in [-0.05, 0) is 49.4 Å². The molecule has 100 valence electrons. The molecule has 0 spiro atoms. The van der Waals surface area contributed by atoms with Crippen molar-refractivity contribution in [1.29, 1.82) is 0 Å². The molecule has 1 aromatic rings. The fourth-order valence-corrected chi connectivity index (χ4v) is 2.99. The van der Waals surface area contributed by atoms with Crippen molar-refractivity contribution in [2.75, 3.05) is 20.2 Å². The highest BCUT2D eigenvalue weighted by molar-refractivity contribution is 6.04. The van der Waals surface area contributed by atoms with Crippen LogP contribution in [0.25, 0.3) is 0 Å². The SMILES string of the molecule is COc1ccc(C(=O)/C=C2\CC3CCN2CC3)cc1. The van der Waals surface area contributed by atoms with Gasteiger partial charge in [0.1, 0.15) is 5.75 Å². The number of ether oxygens (including phenoxy) is 1. The Morgan fingerprint density at radius 1 is 1.26 bits per heavy atom. The molecule has 3 fully saturated rings. The third-order valence-corrected chi connectivity index (χ3v) is 4.19. The molecular formula is C16H19NO2. The molecule has 2 bridgehead atoms.